The van der Waals surface area contributed by atoms with E-state index in [4.69, 9.17) is 10.5 Å². The predicted octanol–water partition coefficient (Wildman–Crippen LogP) is 2.62. The van der Waals surface area contributed by atoms with Gasteiger partial charge in [0.25, 0.3) is 0 Å². The van der Waals surface area contributed by atoms with E-state index in [9.17, 15) is 4.79 Å². The summed E-state index contributed by atoms with van der Waals surface area (Å²) < 4.78 is 5.59. The van der Waals surface area contributed by atoms with Crippen LogP contribution in [0, 0.1) is 0 Å². The first-order valence-corrected chi connectivity index (χ1v) is 7.89. The fraction of sp³-hybridized carbons (Fsp3) is 0.316. The number of nitrogens with two attached hydrogens (primary N) is 1. The van der Waals surface area contributed by atoms with Gasteiger partial charge in [0.1, 0.15) is 11.3 Å². The number of ether oxygens (including phenoxy) is 1. The molecular weight excluding hydrogens is 288 g/mol. The van der Waals surface area contributed by atoms with Crippen LogP contribution in [0.3, 0.4) is 0 Å². The number of benzene rings is 2. The normalized spacial score (nSPS) is 13.2. The maximum absolute atomic E-state index is 12.4. The van der Waals surface area contributed by atoms with Crippen molar-refractivity contribution in [3.05, 3.63) is 65.7 Å². The van der Waals surface area contributed by atoms with Gasteiger partial charge >= 0.3 is 0 Å². The zero-order valence-electron chi connectivity index (χ0n) is 13.7. The molecule has 0 aromatic heterocycles. The monoisotopic (exact) mass is 312 g/mol. The summed E-state index contributed by atoms with van der Waals surface area (Å²) >= 11 is 0. The van der Waals surface area contributed by atoms with Crippen molar-refractivity contribution in [2.45, 2.75) is 25.8 Å². The Balaban J connectivity index is 1.95. The Morgan fingerprint density at radius 3 is 2.48 bits per heavy atom. The molecule has 0 saturated carbocycles. The molecule has 0 aliphatic rings. The Morgan fingerprint density at radius 1 is 1.13 bits per heavy atom. The second-order valence-electron chi connectivity index (χ2n) is 5.62. The maximum Gasteiger partial charge on any atom is 0.244 e. The summed E-state index contributed by atoms with van der Waals surface area (Å²) in [6, 6.07) is 17.3. The Kier molecular flexibility index (Phi) is 5.77. The van der Waals surface area contributed by atoms with Crippen molar-refractivity contribution in [2.24, 2.45) is 5.73 Å². The number of carbonyl (C=O) groups is 1. The van der Waals surface area contributed by atoms with Gasteiger partial charge in [0.2, 0.25) is 5.91 Å². The molecule has 0 spiro atoms. The fourth-order valence-corrected chi connectivity index (χ4v) is 2.42. The van der Waals surface area contributed by atoms with Crippen LogP contribution in [-0.4, -0.2) is 19.1 Å². The van der Waals surface area contributed by atoms with E-state index in [1.165, 1.54) is 0 Å². The van der Waals surface area contributed by atoms with E-state index in [1.807, 2.05) is 61.5 Å². The van der Waals surface area contributed by atoms with E-state index < -0.39 is 5.54 Å². The first kappa shape index (κ1) is 17.0. The average molecular weight is 312 g/mol. The molecule has 0 fully saturated rings. The van der Waals surface area contributed by atoms with Crippen LogP contribution in [0.2, 0.25) is 0 Å². The molecule has 0 aliphatic carbocycles. The highest BCUT2D eigenvalue weighted by Gasteiger charge is 2.29. The maximum atomic E-state index is 12.4. The van der Waals surface area contributed by atoms with E-state index in [0.29, 0.717) is 19.6 Å². The lowest BCUT2D eigenvalue weighted by molar-refractivity contribution is -0.126. The number of rotatable bonds is 7. The number of carbonyl (C=O) groups excluding carboxylic acids is 1. The molecule has 2 aromatic carbocycles. The molecule has 2 rings (SSSR count). The number of amides is 1. The largest absolute Gasteiger partial charge is 0.494 e. The van der Waals surface area contributed by atoms with Gasteiger partial charge < -0.3 is 15.8 Å². The minimum absolute atomic E-state index is 0.183. The lowest BCUT2D eigenvalue weighted by Crippen LogP contribution is -2.49. The molecule has 2 aromatic rings. The highest BCUT2D eigenvalue weighted by molar-refractivity contribution is 5.86. The van der Waals surface area contributed by atoms with Crippen LogP contribution in [0.15, 0.2) is 54.6 Å². The lowest BCUT2D eigenvalue weighted by atomic mass is 9.92. The average Bonchev–Trinajstić information content (AvgIpc) is 2.57. The predicted molar refractivity (Wildman–Crippen MR) is 92.3 cm³/mol. The van der Waals surface area contributed by atoms with Crippen LogP contribution in [0.25, 0.3) is 0 Å². The van der Waals surface area contributed by atoms with Gasteiger partial charge in [-0.25, -0.2) is 0 Å². The van der Waals surface area contributed by atoms with Gasteiger partial charge in [0.05, 0.1) is 6.61 Å². The smallest absolute Gasteiger partial charge is 0.244 e. The Labute approximate surface area is 137 Å². The van der Waals surface area contributed by atoms with E-state index >= 15 is 0 Å². The van der Waals surface area contributed by atoms with Crippen molar-refractivity contribution in [2.75, 3.05) is 13.2 Å². The summed E-state index contributed by atoms with van der Waals surface area (Å²) in [7, 11) is 0. The van der Waals surface area contributed by atoms with Crippen LogP contribution in [0.5, 0.6) is 5.75 Å². The second-order valence-corrected chi connectivity index (χ2v) is 5.62. The molecule has 1 amide bonds. The first-order chi connectivity index (χ1) is 11.1. The molecule has 0 bridgehead atoms. The third-order valence-corrected chi connectivity index (χ3v) is 3.80. The molecule has 0 heterocycles. The zero-order chi connectivity index (χ0) is 16.7. The molecule has 4 nitrogen and oxygen atoms in total. The van der Waals surface area contributed by atoms with Crippen LogP contribution in [0.1, 0.15) is 25.0 Å². The summed E-state index contributed by atoms with van der Waals surface area (Å²) in [5.74, 6) is 0.681. The SMILES string of the molecule is CCOc1ccccc1CCNC(=O)C(C)(N)c1ccccc1. The summed E-state index contributed by atoms with van der Waals surface area (Å²) in [6.45, 7) is 4.82. The van der Waals surface area contributed by atoms with Crippen molar-refractivity contribution in [1.29, 1.82) is 0 Å². The van der Waals surface area contributed by atoms with Gasteiger partial charge in [-0.2, -0.15) is 0 Å². The van der Waals surface area contributed by atoms with E-state index in [2.05, 4.69) is 5.32 Å². The van der Waals surface area contributed by atoms with Crippen LogP contribution in [0.4, 0.5) is 0 Å². The molecule has 0 saturated heterocycles. The van der Waals surface area contributed by atoms with Crippen molar-refractivity contribution in [3.8, 4) is 5.75 Å². The summed E-state index contributed by atoms with van der Waals surface area (Å²) in [5.41, 5.74) is 7.04. The number of para-hydroxylation sites is 1. The van der Waals surface area contributed by atoms with E-state index in [0.717, 1.165) is 16.9 Å². The standard InChI is InChI=1S/C19H24N2O2/c1-3-23-17-12-8-7-9-15(17)13-14-21-18(22)19(2,20)16-10-5-4-6-11-16/h4-12H,3,13-14,20H2,1-2H3,(H,21,22). The first-order valence-electron chi connectivity index (χ1n) is 7.89. The minimum atomic E-state index is -1.04. The highest BCUT2D eigenvalue weighted by Crippen LogP contribution is 2.19. The Morgan fingerprint density at radius 2 is 1.78 bits per heavy atom. The molecule has 1 unspecified atom stereocenters. The van der Waals surface area contributed by atoms with Gasteiger partial charge in [-0.1, -0.05) is 48.5 Å². The molecule has 122 valence electrons. The van der Waals surface area contributed by atoms with Crippen LogP contribution >= 0.6 is 0 Å². The van der Waals surface area contributed by atoms with Crippen LogP contribution in [-0.2, 0) is 16.8 Å². The molecule has 0 radical (unpaired) electrons. The van der Waals surface area contributed by atoms with Crippen molar-refractivity contribution < 1.29 is 9.53 Å². The van der Waals surface area contributed by atoms with Gasteiger partial charge in [-0.3, -0.25) is 4.79 Å². The Hall–Kier alpha value is -2.33. The third-order valence-electron chi connectivity index (χ3n) is 3.80. The zero-order valence-corrected chi connectivity index (χ0v) is 13.7. The number of nitrogens with one attached hydrogen (secondary N) is 1. The van der Waals surface area contributed by atoms with Gasteiger partial charge in [-0.05, 0) is 37.5 Å². The molecular formula is C19H24N2O2. The second kappa shape index (κ2) is 7.79. The molecule has 0 aliphatic heterocycles. The lowest BCUT2D eigenvalue weighted by Gasteiger charge is -2.24. The van der Waals surface area contributed by atoms with Crippen molar-refractivity contribution in [3.63, 3.8) is 0 Å². The van der Waals surface area contributed by atoms with Crippen LogP contribution < -0.4 is 15.8 Å². The molecule has 23 heavy (non-hydrogen) atoms. The quantitative estimate of drug-likeness (QED) is 0.826. The summed E-state index contributed by atoms with van der Waals surface area (Å²) in [5, 5.41) is 2.92. The third kappa shape index (κ3) is 4.33. The van der Waals surface area contributed by atoms with Gasteiger partial charge in [-0.15, -0.1) is 0 Å². The van der Waals surface area contributed by atoms with E-state index in [1.54, 1.807) is 6.92 Å². The fourth-order valence-electron chi connectivity index (χ4n) is 2.42. The minimum Gasteiger partial charge on any atom is -0.494 e. The summed E-state index contributed by atoms with van der Waals surface area (Å²) in [6.07, 6.45) is 0.701. The van der Waals surface area contributed by atoms with E-state index in [-0.39, 0.29) is 5.91 Å². The van der Waals surface area contributed by atoms with Gasteiger partial charge in [0.15, 0.2) is 0 Å². The highest BCUT2D eigenvalue weighted by atomic mass is 16.5. The molecule has 3 N–H and O–H groups in total. The summed E-state index contributed by atoms with van der Waals surface area (Å²) in [4.78, 5) is 12.4. The Bertz CT molecular complexity index is 639. The number of hydrogen-bond acceptors (Lipinski definition) is 3. The van der Waals surface area contributed by atoms with Gasteiger partial charge in [0, 0.05) is 6.54 Å². The number of hydrogen-bond donors (Lipinski definition) is 2. The molecule has 4 heteroatoms. The molecule has 1 atom stereocenters. The van der Waals surface area contributed by atoms with Crippen molar-refractivity contribution >= 4 is 5.91 Å². The topological polar surface area (TPSA) is 64.3 Å². The van der Waals surface area contributed by atoms with Crippen molar-refractivity contribution in [1.82, 2.24) is 5.32 Å².